The topological polar surface area (TPSA) is 15.3 Å². The molecule has 112 valence electrons. The summed E-state index contributed by atoms with van der Waals surface area (Å²) in [6.45, 7) is 6.87. The molecular weight excluding hydrogens is 291 g/mol. The van der Waals surface area contributed by atoms with E-state index in [9.17, 15) is 0 Å². The molecule has 1 N–H and O–H groups in total. The van der Waals surface area contributed by atoms with Crippen molar-refractivity contribution in [3.05, 3.63) is 33.8 Å². The molecule has 2 nitrogen and oxygen atoms in total. The van der Waals surface area contributed by atoms with E-state index in [0.29, 0.717) is 11.1 Å². The van der Waals surface area contributed by atoms with Crippen LogP contribution in [0.1, 0.15) is 31.7 Å². The fourth-order valence-corrected chi connectivity index (χ4v) is 3.31. The molecule has 20 heavy (non-hydrogen) atoms. The Balaban J connectivity index is 1.75. The number of likely N-dealkylation sites (tertiary alicyclic amines) is 1. The summed E-state index contributed by atoms with van der Waals surface area (Å²) in [5.41, 5.74) is 1.17. The Morgan fingerprint density at radius 2 is 2.10 bits per heavy atom. The van der Waals surface area contributed by atoms with Gasteiger partial charge in [-0.05, 0) is 69.6 Å². The van der Waals surface area contributed by atoms with Crippen molar-refractivity contribution in [2.24, 2.45) is 0 Å². The number of hydrogen-bond acceptors (Lipinski definition) is 2. The Morgan fingerprint density at radius 1 is 1.25 bits per heavy atom. The van der Waals surface area contributed by atoms with Crippen LogP contribution in [0.15, 0.2) is 18.2 Å². The van der Waals surface area contributed by atoms with Gasteiger partial charge in [0.05, 0.1) is 0 Å². The lowest BCUT2D eigenvalue weighted by molar-refractivity contribution is 0.297. The minimum atomic E-state index is 0.651. The van der Waals surface area contributed by atoms with Crippen molar-refractivity contribution < 1.29 is 0 Å². The second-order valence-corrected chi connectivity index (χ2v) is 6.35. The minimum Gasteiger partial charge on any atom is -0.314 e. The van der Waals surface area contributed by atoms with Crippen molar-refractivity contribution in [1.82, 2.24) is 10.2 Å². The van der Waals surface area contributed by atoms with Crippen LogP contribution >= 0.6 is 23.2 Å². The van der Waals surface area contributed by atoms with Crippen molar-refractivity contribution in [2.45, 2.75) is 38.6 Å². The molecule has 1 aliphatic rings. The van der Waals surface area contributed by atoms with E-state index in [0.717, 1.165) is 18.0 Å². The quantitative estimate of drug-likeness (QED) is 0.883. The zero-order valence-corrected chi connectivity index (χ0v) is 13.7. The molecule has 1 aromatic carbocycles. The van der Waals surface area contributed by atoms with Gasteiger partial charge in [0.2, 0.25) is 0 Å². The maximum absolute atomic E-state index is 6.20. The van der Waals surface area contributed by atoms with Crippen molar-refractivity contribution in [3.63, 3.8) is 0 Å². The number of nitrogens with zero attached hydrogens (tertiary/aromatic N) is 1. The Kier molecular flexibility index (Phi) is 6.63. The van der Waals surface area contributed by atoms with E-state index in [-0.39, 0.29) is 0 Å². The molecule has 1 heterocycles. The average molecular weight is 315 g/mol. The van der Waals surface area contributed by atoms with Crippen LogP contribution in [0.3, 0.4) is 0 Å². The van der Waals surface area contributed by atoms with Crippen molar-refractivity contribution in [2.75, 3.05) is 26.2 Å². The largest absolute Gasteiger partial charge is 0.314 e. The van der Waals surface area contributed by atoms with Gasteiger partial charge in [0.15, 0.2) is 0 Å². The van der Waals surface area contributed by atoms with Gasteiger partial charge >= 0.3 is 0 Å². The molecule has 0 aromatic heterocycles. The van der Waals surface area contributed by atoms with E-state index in [1.54, 1.807) is 0 Å². The average Bonchev–Trinajstić information content (AvgIpc) is 2.66. The standard InChI is InChI=1S/C16H24Cl2N2/c1-2-20-10-3-4-15(8-11-20)19-9-7-13-5-6-14(17)12-16(13)18/h5-6,12,15,19H,2-4,7-11H2,1H3. The monoisotopic (exact) mass is 314 g/mol. The molecule has 0 saturated carbocycles. The smallest absolute Gasteiger partial charge is 0.0453 e. The van der Waals surface area contributed by atoms with Crippen molar-refractivity contribution in [3.8, 4) is 0 Å². The third kappa shape index (κ3) is 4.92. The Bertz CT molecular complexity index is 423. The minimum absolute atomic E-state index is 0.651. The summed E-state index contributed by atoms with van der Waals surface area (Å²) >= 11 is 12.1. The molecule has 0 aliphatic carbocycles. The zero-order valence-electron chi connectivity index (χ0n) is 12.2. The van der Waals surface area contributed by atoms with Gasteiger partial charge in [-0.2, -0.15) is 0 Å². The van der Waals surface area contributed by atoms with Gasteiger partial charge in [-0.25, -0.2) is 0 Å². The SMILES string of the molecule is CCN1CCCC(NCCc2ccc(Cl)cc2Cl)CC1. The normalized spacial score (nSPS) is 20.9. The van der Waals surface area contributed by atoms with Gasteiger partial charge in [-0.15, -0.1) is 0 Å². The maximum Gasteiger partial charge on any atom is 0.0453 e. The molecule has 4 heteroatoms. The van der Waals surface area contributed by atoms with Crippen molar-refractivity contribution >= 4 is 23.2 Å². The number of benzene rings is 1. The van der Waals surface area contributed by atoms with E-state index in [4.69, 9.17) is 23.2 Å². The van der Waals surface area contributed by atoms with Gasteiger partial charge in [-0.3, -0.25) is 0 Å². The predicted octanol–water partition coefficient (Wildman–Crippen LogP) is 4.00. The summed E-state index contributed by atoms with van der Waals surface area (Å²) in [6, 6.07) is 6.41. The molecule has 1 unspecified atom stereocenters. The van der Waals surface area contributed by atoms with Gasteiger partial charge < -0.3 is 10.2 Å². The number of hydrogen-bond donors (Lipinski definition) is 1. The number of rotatable bonds is 5. The van der Waals surface area contributed by atoms with Crippen LogP contribution in [0.5, 0.6) is 0 Å². The highest BCUT2D eigenvalue weighted by Gasteiger charge is 2.15. The molecule has 2 rings (SSSR count). The highest BCUT2D eigenvalue weighted by molar-refractivity contribution is 6.35. The molecule has 1 saturated heterocycles. The highest BCUT2D eigenvalue weighted by atomic mass is 35.5. The Labute approximate surface area is 132 Å². The summed E-state index contributed by atoms with van der Waals surface area (Å²) < 4.78 is 0. The lowest BCUT2D eigenvalue weighted by Gasteiger charge is -2.18. The molecule has 0 amide bonds. The van der Waals surface area contributed by atoms with Crippen LogP contribution in [0, 0.1) is 0 Å². The fourth-order valence-electron chi connectivity index (χ4n) is 2.81. The van der Waals surface area contributed by atoms with E-state index in [2.05, 4.69) is 17.1 Å². The molecule has 1 aromatic rings. The maximum atomic E-state index is 6.20. The van der Waals surface area contributed by atoms with E-state index in [1.165, 1.54) is 44.5 Å². The molecule has 0 bridgehead atoms. The molecule has 1 aliphatic heterocycles. The van der Waals surface area contributed by atoms with Crippen LogP contribution in [0.2, 0.25) is 10.0 Å². The van der Waals surface area contributed by atoms with Gasteiger partial charge in [0.1, 0.15) is 0 Å². The van der Waals surface area contributed by atoms with Crippen LogP contribution < -0.4 is 5.32 Å². The Morgan fingerprint density at radius 3 is 2.85 bits per heavy atom. The third-order valence-corrected chi connectivity index (χ3v) is 4.70. The zero-order chi connectivity index (χ0) is 14.4. The molecule has 1 fully saturated rings. The summed E-state index contributed by atoms with van der Waals surface area (Å²) in [5, 5.41) is 5.16. The van der Waals surface area contributed by atoms with E-state index in [1.807, 2.05) is 18.2 Å². The van der Waals surface area contributed by atoms with Crippen LogP contribution in [0.4, 0.5) is 0 Å². The summed E-state index contributed by atoms with van der Waals surface area (Å²) in [7, 11) is 0. The lowest BCUT2D eigenvalue weighted by Crippen LogP contribution is -2.32. The van der Waals surface area contributed by atoms with E-state index >= 15 is 0 Å². The first-order valence-corrected chi connectivity index (χ1v) is 8.34. The lowest BCUT2D eigenvalue weighted by atomic mass is 10.1. The summed E-state index contributed by atoms with van der Waals surface area (Å²) in [4.78, 5) is 2.54. The van der Waals surface area contributed by atoms with Gasteiger partial charge in [-0.1, -0.05) is 36.2 Å². The first-order chi connectivity index (χ1) is 9.69. The predicted molar refractivity (Wildman–Crippen MR) is 87.9 cm³/mol. The number of nitrogens with one attached hydrogen (secondary N) is 1. The molecule has 0 spiro atoms. The fraction of sp³-hybridized carbons (Fsp3) is 0.625. The summed E-state index contributed by atoms with van der Waals surface area (Å²) in [5.74, 6) is 0. The first-order valence-electron chi connectivity index (χ1n) is 7.58. The third-order valence-electron chi connectivity index (χ3n) is 4.11. The van der Waals surface area contributed by atoms with Crippen LogP contribution in [-0.2, 0) is 6.42 Å². The molecule has 0 radical (unpaired) electrons. The molecular formula is C16H24Cl2N2. The first kappa shape index (κ1) is 16.1. The second-order valence-electron chi connectivity index (χ2n) is 5.50. The molecule has 1 atom stereocenters. The van der Waals surface area contributed by atoms with Crippen LogP contribution in [0.25, 0.3) is 0 Å². The van der Waals surface area contributed by atoms with E-state index < -0.39 is 0 Å². The summed E-state index contributed by atoms with van der Waals surface area (Å²) in [6.07, 6.45) is 4.80. The van der Waals surface area contributed by atoms with Gasteiger partial charge in [0.25, 0.3) is 0 Å². The second kappa shape index (κ2) is 8.23. The Hall–Kier alpha value is -0.280. The van der Waals surface area contributed by atoms with Crippen LogP contribution in [-0.4, -0.2) is 37.1 Å². The highest BCUT2D eigenvalue weighted by Crippen LogP contribution is 2.21. The van der Waals surface area contributed by atoms with Gasteiger partial charge in [0, 0.05) is 16.1 Å². The number of halogens is 2. The van der Waals surface area contributed by atoms with Crippen molar-refractivity contribution in [1.29, 1.82) is 0 Å².